The van der Waals surface area contributed by atoms with Crippen LogP contribution < -0.4 is 5.32 Å². The highest BCUT2D eigenvalue weighted by molar-refractivity contribution is 7.91. The van der Waals surface area contributed by atoms with Gasteiger partial charge in [-0.1, -0.05) is 24.3 Å². The molecule has 114 valence electrons. The lowest BCUT2D eigenvalue weighted by molar-refractivity contribution is -0.135. The standard InChI is InChI=1S/C15H20N2O3S/c1-11-10-21(19,20)7-6-17(11)15(18)14-8-12-4-2-3-5-13(12)9-16-14/h2-5,11,14,16H,6-10H2,1H3/t11?,14-/m1/s1. The van der Waals surface area contributed by atoms with Gasteiger partial charge < -0.3 is 10.2 Å². The van der Waals surface area contributed by atoms with Crippen LogP contribution in [0.2, 0.25) is 0 Å². The third-order valence-corrected chi connectivity index (χ3v) is 6.13. The van der Waals surface area contributed by atoms with E-state index in [-0.39, 0.29) is 29.5 Å². The molecule has 0 aliphatic carbocycles. The summed E-state index contributed by atoms with van der Waals surface area (Å²) in [5.74, 6) is 0.168. The van der Waals surface area contributed by atoms with Crippen molar-refractivity contribution in [3.8, 4) is 0 Å². The van der Waals surface area contributed by atoms with Crippen LogP contribution in [0.1, 0.15) is 18.1 Å². The number of nitrogens with zero attached hydrogens (tertiary/aromatic N) is 1. The number of amides is 1. The number of carbonyl (C=O) groups excluding carboxylic acids is 1. The summed E-state index contributed by atoms with van der Waals surface area (Å²) < 4.78 is 23.2. The molecule has 2 heterocycles. The number of carbonyl (C=O) groups is 1. The van der Waals surface area contributed by atoms with Crippen molar-refractivity contribution in [3.63, 3.8) is 0 Å². The molecule has 3 rings (SSSR count). The molecule has 1 aromatic rings. The van der Waals surface area contributed by atoms with E-state index >= 15 is 0 Å². The van der Waals surface area contributed by atoms with E-state index in [0.29, 0.717) is 19.5 Å². The summed E-state index contributed by atoms with van der Waals surface area (Å²) in [5, 5.41) is 3.27. The summed E-state index contributed by atoms with van der Waals surface area (Å²) in [6.07, 6.45) is 0.672. The van der Waals surface area contributed by atoms with E-state index in [0.717, 1.165) is 0 Å². The monoisotopic (exact) mass is 308 g/mol. The maximum absolute atomic E-state index is 12.7. The first kappa shape index (κ1) is 14.5. The average Bonchev–Trinajstić information content (AvgIpc) is 2.45. The number of hydrogen-bond donors (Lipinski definition) is 1. The molecule has 6 heteroatoms. The molecule has 0 bridgehead atoms. The molecule has 2 aliphatic rings. The molecule has 1 N–H and O–H groups in total. The van der Waals surface area contributed by atoms with Crippen LogP contribution in [0.25, 0.3) is 0 Å². The van der Waals surface area contributed by atoms with Crippen LogP contribution in [-0.4, -0.2) is 49.4 Å². The van der Waals surface area contributed by atoms with Crippen LogP contribution in [0, 0.1) is 0 Å². The second-order valence-corrected chi connectivity index (χ2v) is 8.13. The molecule has 5 nitrogen and oxygen atoms in total. The zero-order valence-electron chi connectivity index (χ0n) is 12.1. The van der Waals surface area contributed by atoms with E-state index in [1.807, 2.05) is 19.1 Å². The largest absolute Gasteiger partial charge is 0.337 e. The van der Waals surface area contributed by atoms with Crippen molar-refractivity contribution in [3.05, 3.63) is 35.4 Å². The van der Waals surface area contributed by atoms with E-state index in [9.17, 15) is 13.2 Å². The minimum atomic E-state index is -2.99. The highest BCUT2D eigenvalue weighted by atomic mass is 32.2. The molecule has 1 fully saturated rings. The topological polar surface area (TPSA) is 66.5 Å². The Labute approximate surface area is 125 Å². The zero-order valence-corrected chi connectivity index (χ0v) is 12.9. The number of hydrogen-bond acceptors (Lipinski definition) is 4. The van der Waals surface area contributed by atoms with Crippen LogP contribution in [0.4, 0.5) is 0 Å². The van der Waals surface area contributed by atoms with Gasteiger partial charge in [-0.05, 0) is 24.5 Å². The van der Waals surface area contributed by atoms with E-state index in [4.69, 9.17) is 0 Å². The van der Waals surface area contributed by atoms with Crippen molar-refractivity contribution in [2.75, 3.05) is 18.1 Å². The fourth-order valence-corrected chi connectivity index (χ4v) is 4.71. The van der Waals surface area contributed by atoms with Gasteiger partial charge in [-0.3, -0.25) is 4.79 Å². The van der Waals surface area contributed by atoms with Gasteiger partial charge in [-0.25, -0.2) is 8.42 Å². The van der Waals surface area contributed by atoms with E-state index in [2.05, 4.69) is 17.4 Å². The lowest BCUT2D eigenvalue weighted by atomic mass is 9.95. The van der Waals surface area contributed by atoms with Gasteiger partial charge in [0.25, 0.3) is 0 Å². The lowest BCUT2D eigenvalue weighted by Crippen LogP contribution is -2.56. The normalized spacial score (nSPS) is 28.0. The van der Waals surface area contributed by atoms with Gasteiger partial charge in [0.15, 0.2) is 9.84 Å². The summed E-state index contributed by atoms with van der Waals surface area (Å²) >= 11 is 0. The average molecular weight is 308 g/mol. The summed E-state index contributed by atoms with van der Waals surface area (Å²) in [6, 6.07) is 7.63. The van der Waals surface area contributed by atoms with Crippen LogP contribution >= 0.6 is 0 Å². The molecular formula is C15H20N2O3S. The Kier molecular flexibility index (Phi) is 3.75. The first-order chi connectivity index (χ1) is 9.96. The first-order valence-corrected chi connectivity index (χ1v) is 9.09. The maximum atomic E-state index is 12.7. The summed E-state index contributed by atoms with van der Waals surface area (Å²) in [7, 11) is -2.99. The fourth-order valence-electron chi connectivity index (χ4n) is 3.16. The molecule has 1 saturated heterocycles. The highest BCUT2D eigenvalue weighted by Crippen LogP contribution is 2.19. The van der Waals surface area contributed by atoms with Crippen molar-refractivity contribution < 1.29 is 13.2 Å². The molecule has 0 spiro atoms. The highest BCUT2D eigenvalue weighted by Gasteiger charge is 2.35. The van der Waals surface area contributed by atoms with Crippen molar-refractivity contribution in [1.82, 2.24) is 10.2 Å². The van der Waals surface area contributed by atoms with Gasteiger partial charge >= 0.3 is 0 Å². The van der Waals surface area contributed by atoms with Crippen molar-refractivity contribution in [1.29, 1.82) is 0 Å². The fraction of sp³-hybridized carbons (Fsp3) is 0.533. The van der Waals surface area contributed by atoms with Gasteiger partial charge in [0.05, 0.1) is 17.5 Å². The lowest BCUT2D eigenvalue weighted by Gasteiger charge is -2.37. The summed E-state index contributed by atoms with van der Waals surface area (Å²) in [6.45, 7) is 2.81. The summed E-state index contributed by atoms with van der Waals surface area (Å²) in [4.78, 5) is 14.4. The van der Waals surface area contributed by atoms with E-state index < -0.39 is 9.84 Å². The number of sulfone groups is 1. The Morgan fingerprint density at radius 1 is 1.29 bits per heavy atom. The molecule has 21 heavy (non-hydrogen) atoms. The molecule has 1 amide bonds. The van der Waals surface area contributed by atoms with Crippen LogP contribution in [0.5, 0.6) is 0 Å². The third-order valence-electron chi connectivity index (χ3n) is 4.33. The van der Waals surface area contributed by atoms with Crippen molar-refractivity contribution in [2.45, 2.75) is 32.0 Å². The first-order valence-electron chi connectivity index (χ1n) is 7.27. The zero-order chi connectivity index (χ0) is 15.0. The number of nitrogens with one attached hydrogen (secondary N) is 1. The van der Waals surface area contributed by atoms with Gasteiger partial charge in [0, 0.05) is 19.1 Å². The Morgan fingerprint density at radius 2 is 2.00 bits per heavy atom. The van der Waals surface area contributed by atoms with Crippen molar-refractivity contribution in [2.24, 2.45) is 0 Å². The molecule has 0 radical (unpaired) electrons. The van der Waals surface area contributed by atoms with Gasteiger partial charge in [0.1, 0.15) is 0 Å². The summed E-state index contributed by atoms with van der Waals surface area (Å²) in [5.41, 5.74) is 2.43. The minimum absolute atomic E-state index is 0.0203. The molecular weight excluding hydrogens is 288 g/mol. The third kappa shape index (κ3) is 2.96. The predicted octanol–water partition coefficient (Wildman–Crippen LogP) is 0.346. The molecule has 0 saturated carbocycles. The van der Waals surface area contributed by atoms with E-state index in [1.54, 1.807) is 4.90 Å². The van der Waals surface area contributed by atoms with Crippen LogP contribution in [0.3, 0.4) is 0 Å². The molecule has 1 unspecified atom stereocenters. The van der Waals surface area contributed by atoms with Gasteiger partial charge in [-0.15, -0.1) is 0 Å². The number of fused-ring (bicyclic) bond motifs is 1. The quantitative estimate of drug-likeness (QED) is 0.813. The Bertz CT molecular complexity index is 657. The Balaban J connectivity index is 1.72. The Hall–Kier alpha value is -1.40. The molecule has 2 atom stereocenters. The molecule has 1 aromatic carbocycles. The SMILES string of the molecule is CC1CS(=O)(=O)CCN1C(=O)[C@H]1Cc2ccccc2CN1. The van der Waals surface area contributed by atoms with Crippen LogP contribution in [-0.2, 0) is 27.6 Å². The number of rotatable bonds is 1. The maximum Gasteiger partial charge on any atom is 0.240 e. The van der Waals surface area contributed by atoms with Crippen LogP contribution in [0.15, 0.2) is 24.3 Å². The molecule has 0 aromatic heterocycles. The molecule has 2 aliphatic heterocycles. The van der Waals surface area contributed by atoms with E-state index in [1.165, 1.54) is 11.1 Å². The van der Waals surface area contributed by atoms with Crippen molar-refractivity contribution >= 4 is 15.7 Å². The predicted molar refractivity (Wildman–Crippen MR) is 80.6 cm³/mol. The second-order valence-electron chi connectivity index (χ2n) is 5.90. The Morgan fingerprint density at radius 3 is 2.71 bits per heavy atom. The van der Waals surface area contributed by atoms with Gasteiger partial charge in [0.2, 0.25) is 5.91 Å². The number of benzene rings is 1. The van der Waals surface area contributed by atoms with Gasteiger partial charge in [-0.2, -0.15) is 0 Å². The smallest absolute Gasteiger partial charge is 0.240 e. The minimum Gasteiger partial charge on any atom is -0.337 e. The second kappa shape index (κ2) is 5.42.